The summed E-state index contributed by atoms with van der Waals surface area (Å²) in [7, 11) is 0. The second-order valence-corrected chi connectivity index (χ2v) is 7.15. The smallest absolute Gasteiger partial charge is 0.227 e. The van der Waals surface area contributed by atoms with E-state index >= 15 is 0 Å². The first-order valence-electron chi connectivity index (χ1n) is 8.61. The molecule has 1 aromatic heterocycles. The average molecular weight is 417 g/mol. The molecule has 0 amide bonds. The molecule has 0 N–H and O–H groups in total. The topological polar surface area (TPSA) is 38.4 Å². The Labute approximate surface area is 166 Å². The predicted molar refractivity (Wildman–Crippen MR) is 116 cm³/mol. The van der Waals surface area contributed by atoms with Crippen molar-refractivity contribution in [2.45, 2.75) is 6.92 Å². The van der Waals surface area contributed by atoms with E-state index in [1.807, 2.05) is 60.7 Å². The summed E-state index contributed by atoms with van der Waals surface area (Å²) in [4.78, 5) is 9.08. The molecule has 4 aromatic rings. The van der Waals surface area contributed by atoms with Crippen LogP contribution >= 0.6 is 15.9 Å². The molecule has 27 heavy (non-hydrogen) atoms. The molecule has 0 aliphatic rings. The third-order valence-electron chi connectivity index (χ3n) is 4.12. The Morgan fingerprint density at radius 3 is 2.67 bits per heavy atom. The molecule has 3 aromatic carbocycles. The SMILES string of the molecule is Cc1ccc(-c2nc3cc(N=CC=Cc4cccc(Br)c4)ccc3o2)cc1. The number of hydrogen-bond acceptors (Lipinski definition) is 3. The van der Waals surface area contributed by atoms with Crippen molar-refractivity contribution in [2.24, 2.45) is 4.99 Å². The second kappa shape index (κ2) is 7.72. The largest absolute Gasteiger partial charge is 0.436 e. The summed E-state index contributed by atoms with van der Waals surface area (Å²) in [5.74, 6) is 0.626. The summed E-state index contributed by atoms with van der Waals surface area (Å²) in [6.45, 7) is 2.06. The molecule has 0 fully saturated rings. The number of aryl methyl sites for hydroxylation is 1. The Morgan fingerprint density at radius 2 is 1.85 bits per heavy atom. The van der Waals surface area contributed by atoms with Crippen molar-refractivity contribution in [3.63, 3.8) is 0 Å². The van der Waals surface area contributed by atoms with Crippen molar-refractivity contribution < 1.29 is 4.42 Å². The van der Waals surface area contributed by atoms with Crippen LogP contribution in [0.25, 0.3) is 28.6 Å². The van der Waals surface area contributed by atoms with Crippen LogP contribution < -0.4 is 0 Å². The average Bonchev–Trinajstić information content (AvgIpc) is 3.09. The lowest BCUT2D eigenvalue weighted by atomic mass is 10.1. The van der Waals surface area contributed by atoms with Gasteiger partial charge in [-0.25, -0.2) is 4.98 Å². The van der Waals surface area contributed by atoms with E-state index in [2.05, 4.69) is 51.0 Å². The molecule has 0 radical (unpaired) electrons. The molecule has 4 heteroatoms. The molecule has 132 valence electrons. The molecule has 4 rings (SSSR count). The number of oxazole rings is 1. The van der Waals surface area contributed by atoms with E-state index in [1.165, 1.54) is 5.56 Å². The van der Waals surface area contributed by atoms with Gasteiger partial charge in [-0.1, -0.05) is 51.8 Å². The lowest BCUT2D eigenvalue weighted by Crippen LogP contribution is -1.77. The number of aliphatic imine (C=N–C) groups is 1. The normalized spacial score (nSPS) is 11.8. The highest BCUT2D eigenvalue weighted by Gasteiger charge is 2.08. The number of fused-ring (bicyclic) bond motifs is 1. The van der Waals surface area contributed by atoms with Gasteiger partial charge in [0.1, 0.15) is 5.52 Å². The highest BCUT2D eigenvalue weighted by Crippen LogP contribution is 2.27. The fourth-order valence-corrected chi connectivity index (χ4v) is 3.13. The van der Waals surface area contributed by atoms with Gasteiger partial charge in [-0.05, 0) is 61.0 Å². The van der Waals surface area contributed by atoms with Crippen LogP contribution in [0.1, 0.15) is 11.1 Å². The monoisotopic (exact) mass is 416 g/mol. The number of halogens is 1. The van der Waals surface area contributed by atoms with Crippen LogP contribution in [-0.2, 0) is 0 Å². The minimum absolute atomic E-state index is 0.626. The van der Waals surface area contributed by atoms with Crippen LogP contribution in [0.4, 0.5) is 5.69 Å². The van der Waals surface area contributed by atoms with Gasteiger partial charge >= 0.3 is 0 Å². The highest BCUT2D eigenvalue weighted by molar-refractivity contribution is 9.10. The van der Waals surface area contributed by atoms with E-state index in [0.717, 1.165) is 32.4 Å². The number of benzene rings is 3. The maximum atomic E-state index is 5.86. The Morgan fingerprint density at radius 1 is 1.00 bits per heavy atom. The number of rotatable bonds is 4. The Balaban J connectivity index is 1.53. The maximum Gasteiger partial charge on any atom is 0.227 e. The molecule has 0 saturated carbocycles. The highest BCUT2D eigenvalue weighted by atomic mass is 79.9. The van der Waals surface area contributed by atoms with Crippen LogP contribution in [0.2, 0.25) is 0 Å². The Bertz CT molecular complexity index is 1140. The molecule has 3 nitrogen and oxygen atoms in total. The van der Waals surface area contributed by atoms with Crippen LogP contribution in [0.3, 0.4) is 0 Å². The third-order valence-corrected chi connectivity index (χ3v) is 4.61. The van der Waals surface area contributed by atoms with Crippen molar-refractivity contribution in [1.82, 2.24) is 4.98 Å². The van der Waals surface area contributed by atoms with Crippen molar-refractivity contribution in [3.05, 3.63) is 88.4 Å². The lowest BCUT2D eigenvalue weighted by Gasteiger charge is -1.95. The van der Waals surface area contributed by atoms with Gasteiger partial charge in [0.25, 0.3) is 0 Å². The van der Waals surface area contributed by atoms with Gasteiger partial charge in [-0.3, -0.25) is 4.99 Å². The molecule has 0 unspecified atom stereocenters. The van der Waals surface area contributed by atoms with Gasteiger partial charge in [0.2, 0.25) is 5.89 Å². The summed E-state index contributed by atoms with van der Waals surface area (Å²) >= 11 is 3.47. The molecule has 0 saturated heterocycles. The minimum atomic E-state index is 0.626. The van der Waals surface area contributed by atoms with Crippen LogP contribution in [0.5, 0.6) is 0 Å². The molecule has 0 aliphatic carbocycles. The van der Waals surface area contributed by atoms with Gasteiger partial charge in [0.05, 0.1) is 5.69 Å². The van der Waals surface area contributed by atoms with Crippen molar-refractivity contribution in [3.8, 4) is 11.5 Å². The zero-order chi connectivity index (χ0) is 18.6. The van der Waals surface area contributed by atoms with E-state index in [9.17, 15) is 0 Å². The summed E-state index contributed by atoms with van der Waals surface area (Å²) in [6, 6.07) is 22.0. The van der Waals surface area contributed by atoms with Gasteiger partial charge in [0.15, 0.2) is 5.58 Å². The van der Waals surface area contributed by atoms with Crippen molar-refractivity contribution >= 4 is 45.0 Å². The quantitative estimate of drug-likeness (QED) is 0.336. The van der Waals surface area contributed by atoms with Crippen molar-refractivity contribution in [1.29, 1.82) is 0 Å². The summed E-state index contributed by atoms with van der Waals surface area (Å²) in [5.41, 5.74) is 5.70. The minimum Gasteiger partial charge on any atom is -0.436 e. The molecule has 0 spiro atoms. The van der Waals surface area contributed by atoms with Crippen LogP contribution in [-0.4, -0.2) is 11.2 Å². The zero-order valence-corrected chi connectivity index (χ0v) is 16.3. The summed E-state index contributed by atoms with van der Waals surface area (Å²) in [5, 5.41) is 0. The number of nitrogens with zero attached hydrogens (tertiary/aromatic N) is 2. The van der Waals surface area contributed by atoms with Gasteiger partial charge < -0.3 is 4.42 Å². The van der Waals surface area contributed by atoms with E-state index in [-0.39, 0.29) is 0 Å². The molecular formula is C23H17BrN2O. The van der Waals surface area contributed by atoms with Gasteiger partial charge in [0, 0.05) is 16.3 Å². The summed E-state index contributed by atoms with van der Waals surface area (Å²) < 4.78 is 6.92. The zero-order valence-electron chi connectivity index (χ0n) is 14.8. The number of allylic oxidation sites excluding steroid dienone is 1. The molecule has 0 aliphatic heterocycles. The standard InChI is InChI=1S/C23H17BrN2O/c1-16-7-9-18(10-8-16)23-26-21-15-20(11-12-22(21)27-23)25-13-3-5-17-4-2-6-19(24)14-17/h2-15H,1H3. The van der Waals surface area contributed by atoms with E-state index in [1.54, 1.807) is 6.21 Å². The van der Waals surface area contributed by atoms with Crippen LogP contribution in [0.15, 0.2) is 86.7 Å². The van der Waals surface area contributed by atoms with Gasteiger partial charge in [-0.2, -0.15) is 0 Å². The number of hydrogen-bond donors (Lipinski definition) is 0. The fraction of sp³-hybridized carbons (Fsp3) is 0.0435. The first kappa shape index (κ1) is 17.4. The fourth-order valence-electron chi connectivity index (χ4n) is 2.71. The molecule has 1 heterocycles. The number of aromatic nitrogens is 1. The summed E-state index contributed by atoms with van der Waals surface area (Å²) in [6.07, 6.45) is 5.72. The third kappa shape index (κ3) is 4.23. The first-order chi connectivity index (χ1) is 13.2. The van der Waals surface area contributed by atoms with E-state index < -0.39 is 0 Å². The molecule has 0 atom stereocenters. The van der Waals surface area contributed by atoms with E-state index in [0.29, 0.717) is 5.89 Å². The predicted octanol–water partition coefficient (Wildman–Crippen LogP) is 6.98. The van der Waals surface area contributed by atoms with Crippen LogP contribution in [0, 0.1) is 6.92 Å². The Kier molecular flexibility index (Phi) is 4.99. The second-order valence-electron chi connectivity index (χ2n) is 6.23. The van der Waals surface area contributed by atoms with Gasteiger partial charge in [-0.15, -0.1) is 0 Å². The molecule has 0 bridgehead atoms. The lowest BCUT2D eigenvalue weighted by molar-refractivity contribution is 0.620. The first-order valence-corrected chi connectivity index (χ1v) is 9.41. The molecular weight excluding hydrogens is 400 g/mol. The Hall–Kier alpha value is -2.98. The van der Waals surface area contributed by atoms with E-state index in [4.69, 9.17) is 4.42 Å². The van der Waals surface area contributed by atoms with Crippen molar-refractivity contribution in [2.75, 3.05) is 0 Å². The maximum absolute atomic E-state index is 5.86.